The fraction of sp³-hybridized carbons (Fsp3) is 0.875. The van der Waals surface area contributed by atoms with Crippen LogP contribution in [0, 0.1) is 0 Å². The summed E-state index contributed by atoms with van der Waals surface area (Å²) in [6, 6.07) is 0. The Hall–Kier alpha value is -1.38. The Morgan fingerprint density at radius 3 is 0.725 bits per heavy atom. The first-order valence-electron chi connectivity index (χ1n) is 23.2. The topological polar surface area (TPSA) is 43.4 Å². The maximum absolute atomic E-state index is 12.0. The Kier molecular flexibility index (Phi) is 43.6. The zero-order valence-electron chi connectivity index (χ0n) is 34.8. The van der Waals surface area contributed by atoms with E-state index in [1.165, 1.54) is 218 Å². The second kappa shape index (κ2) is 44.8. The predicted octanol–water partition coefficient (Wildman–Crippen LogP) is 16.8. The average molecular weight is 715 g/mol. The van der Waals surface area contributed by atoms with Crippen LogP contribution < -0.4 is 0 Å². The van der Waals surface area contributed by atoms with Crippen molar-refractivity contribution in [3.8, 4) is 0 Å². The van der Waals surface area contributed by atoms with Crippen molar-refractivity contribution in [1.82, 2.24) is 0 Å². The van der Waals surface area contributed by atoms with Gasteiger partial charge in [0.15, 0.2) is 0 Å². The summed E-state index contributed by atoms with van der Waals surface area (Å²) in [4.78, 5) is 24.0. The van der Waals surface area contributed by atoms with E-state index in [1.54, 1.807) is 0 Å². The van der Waals surface area contributed by atoms with Crippen LogP contribution in [0.3, 0.4) is 0 Å². The molecule has 0 spiro atoms. The molecule has 0 heterocycles. The van der Waals surface area contributed by atoms with Gasteiger partial charge >= 0.3 is 11.9 Å². The zero-order chi connectivity index (χ0) is 37.0. The molecule has 51 heavy (non-hydrogen) atoms. The fourth-order valence-corrected chi connectivity index (χ4v) is 7.03. The van der Waals surface area contributed by atoms with E-state index in [2.05, 4.69) is 38.2 Å². The molecule has 0 aromatic rings. The van der Waals surface area contributed by atoms with E-state index < -0.39 is 0 Å². The molecule has 0 saturated carbocycles. The Morgan fingerprint density at radius 1 is 0.294 bits per heavy atom. The van der Waals surface area contributed by atoms with Gasteiger partial charge < -0.3 is 4.74 Å². The molecule has 0 aromatic carbocycles. The van der Waals surface area contributed by atoms with Crippen molar-refractivity contribution in [2.75, 3.05) is 0 Å². The van der Waals surface area contributed by atoms with Crippen molar-refractivity contribution in [1.29, 1.82) is 0 Å². The Bertz CT molecular complexity index is 692. The van der Waals surface area contributed by atoms with E-state index in [9.17, 15) is 9.59 Å². The molecule has 0 N–H and O–H groups in total. The van der Waals surface area contributed by atoms with Crippen molar-refractivity contribution in [3.63, 3.8) is 0 Å². The van der Waals surface area contributed by atoms with Crippen molar-refractivity contribution in [2.45, 2.75) is 271 Å². The van der Waals surface area contributed by atoms with Crippen LogP contribution in [0.25, 0.3) is 0 Å². The van der Waals surface area contributed by atoms with Gasteiger partial charge in [0.05, 0.1) is 0 Å². The van der Waals surface area contributed by atoms with E-state index in [0.29, 0.717) is 12.8 Å². The minimum Gasteiger partial charge on any atom is -0.393 e. The highest BCUT2D eigenvalue weighted by Crippen LogP contribution is 2.16. The second-order valence-electron chi connectivity index (χ2n) is 15.8. The van der Waals surface area contributed by atoms with Crippen LogP contribution in [0.4, 0.5) is 0 Å². The summed E-state index contributed by atoms with van der Waals surface area (Å²) in [5.74, 6) is -0.651. The molecular weight excluding hydrogens is 625 g/mol. The molecule has 0 radical (unpaired) electrons. The largest absolute Gasteiger partial charge is 0.393 e. The molecule has 3 nitrogen and oxygen atoms in total. The van der Waals surface area contributed by atoms with Crippen molar-refractivity contribution < 1.29 is 14.3 Å². The molecule has 0 bridgehead atoms. The van der Waals surface area contributed by atoms with Crippen LogP contribution in [0.15, 0.2) is 24.3 Å². The molecule has 0 fully saturated rings. The molecule has 0 amide bonds. The molecule has 0 aliphatic carbocycles. The quantitative estimate of drug-likeness (QED) is 0.0274. The number of unbranched alkanes of at least 4 members (excludes halogenated alkanes) is 34. The van der Waals surface area contributed by atoms with Crippen LogP contribution >= 0.6 is 0 Å². The monoisotopic (exact) mass is 715 g/mol. The summed E-state index contributed by atoms with van der Waals surface area (Å²) < 4.78 is 5.05. The third-order valence-corrected chi connectivity index (χ3v) is 10.5. The van der Waals surface area contributed by atoms with Crippen LogP contribution in [0.1, 0.15) is 271 Å². The zero-order valence-corrected chi connectivity index (χ0v) is 34.8. The number of rotatable bonds is 42. The smallest absolute Gasteiger partial charge is 0.313 e. The maximum atomic E-state index is 12.0. The number of carbonyl (C=O) groups is 2. The lowest BCUT2D eigenvalue weighted by atomic mass is 10.0. The van der Waals surface area contributed by atoms with Crippen molar-refractivity contribution in [3.05, 3.63) is 24.3 Å². The summed E-state index contributed by atoms with van der Waals surface area (Å²) in [5.41, 5.74) is 0. The second-order valence-corrected chi connectivity index (χ2v) is 15.8. The number of hydrogen-bond acceptors (Lipinski definition) is 3. The molecule has 0 aliphatic rings. The molecule has 0 atom stereocenters. The van der Waals surface area contributed by atoms with Gasteiger partial charge in [0, 0.05) is 12.8 Å². The first-order chi connectivity index (χ1) is 25.2. The third kappa shape index (κ3) is 44.7. The number of esters is 2. The van der Waals surface area contributed by atoms with Gasteiger partial charge in [-0.25, -0.2) is 0 Å². The molecule has 0 rings (SSSR count). The lowest BCUT2D eigenvalue weighted by Crippen LogP contribution is -2.11. The minimum absolute atomic E-state index is 0.326. The van der Waals surface area contributed by atoms with E-state index in [4.69, 9.17) is 4.74 Å². The van der Waals surface area contributed by atoms with E-state index in [1.807, 2.05) is 0 Å². The molecule has 0 unspecified atom stereocenters. The molecule has 0 aliphatic heterocycles. The number of allylic oxidation sites excluding steroid dienone is 4. The van der Waals surface area contributed by atoms with E-state index >= 15 is 0 Å². The normalized spacial score (nSPS) is 11.7. The molecular formula is C48H90O3. The average Bonchev–Trinajstić information content (AvgIpc) is 3.12. The van der Waals surface area contributed by atoms with E-state index in [-0.39, 0.29) is 11.9 Å². The Balaban J connectivity index is 3.30. The lowest BCUT2D eigenvalue weighted by Gasteiger charge is -2.05. The summed E-state index contributed by atoms with van der Waals surface area (Å²) >= 11 is 0. The summed E-state index contributed by atoms with van der Waals surface area (Å²) in [6.45, 7) is 4.56. The van der Waals surface area contributed by atoms with Gasteiger partial charge in [-0.2, -0.15) is 0 Å². The van der Waals surface area contributed by atoms with Crippen molar-refractivity contribution >= 4 is 11.9 Å². The standard InChI is InChI=1S/C48H90O3/c1-3-5-7-9-11-13-15-17-19-21-23-25-27-29-31-33-35-37-39-41-43-45-47(49)51-48(50)46-44-42-40-38-36-34-32-30-28-26-24-22-20-18-16-14-12-10-8-6-4-2/h17-20H,3-16,21-46H2,1-2H3/b19-17-,20-18-. The molecule has 0 saturated heterocycles. The SMILES string of the molecule is CCCCCCCC/C=C\CCCCCCCCCCCCCC(=O)OC(=O)CCCCCCCCCCCCC/C=C\CCCCCCCC. The van der Waals surface area contributed by atoms with Gasteiger partial charge in [0.25, 0.3) is 0 Å². The lowest BCUT2D eigenvalue weighted by molar-refractivity contribution is -0.159. The third-order valence-electron chi connectivity index (χ3n) is 10.5. The number of hydrogen-bond donors (Lipinski definition) is 0. The van der Waals surface area contributed by atoms with Gasteiger partial charge in [-0.3, -0.25) is 9.59 Å². The van der Waals surface area contributed by atoms with Crippen LogP contribution in [0.2, 0.25) is 0 Å². The Morgan fingerprint density at radius 2 is 0.490 bits per heavy atom. The summed E-state index contributed by atoms with van der Waals surface area (Å²) in [6.07, 6.45) is 59.8. The molecule has 3 heteroatoms. The minimum atomic E-state index is -0.326. The Labute approximate surface area is 320 Å². The number of ether oxygens (including phenoxy) is 1. The number of carbonyl (C=O) groups excluding carboxylic acids is 2. The highest BCUT2D eigenvalue weighted by molar-refractivity contribution is 5.85. The highest BCUT2D eigenvalue weighted by atomic mass is 16.6. The van der Waals surface area contributed by atoms with Gasteiger partial charge in [-0.1, -0.05) is 218 Å². The summed E-state index contributed by atoms with van der Waals surface area (Å²) in [7, 11) is 0. The molecule has 300 valence electrons. The molecule has 0 aromatic heterocycles. The fourth-order valence-electron chi connectivity index (χ4n) is 7.03. The van der Waals surface area contributed by atoms with Crippen molar-refractivity contribution in [2.24, 2.45) is 0 Å². The van der Waals surface area contributed by atoms with Crippen LogP contribution in [-0.2, 0) is 14.3 Å². The van der Waals surface area contributed by atoms with Gasteiger partial charge in [0.1, 0.15) is 0 Å². The highest BCUT2D eigenvalue weighted by Gasteiger charge is 2.10. The summed E-state index contributed by atoms with van der Waals surface area (Å²) in [5, 5.41) is 0. The first-order valence-corrected chi connectivity index (χ1v) is 23.2. The first kappa shape index (κ1) is 49.6. The van der Waals surface area contributed by atoms with Gasteiger partial charge in [-0.15, -0.1) is 0 Å². The van der Waals surface area contributed by atoms with Crippen LogP contribution in [0.5, 0.6) is 0 Å². The van der Waals surface area contributed by atoms with Gasteiger partial charge in [0.2, 0.25) is 0 Å². The van der Waals surface area contributed by atoms with Gasteiger partial charge in [-0.05, 0) is 64.2 Å². The van der Waals surface area contributed by atoms with Crippen LogP contribution in [-0.4, -0.2) is 11.9 Å². The maximum Gasteiger partial charge on any atom is 0.313 e. The van der Waals surface area contributed by atoms with E-state index in [0.717, 1.165) is 25.7 Å². The predicted molar refractivity (Wildman–Crippen MR) is 225 cm³/mol.